The van der Waals surface area contributed by atoms with E-state index in [9.17, 15) is 18.0 Å². The van der Waals surface area contributed by atoms with E-state index in [-0.39, 0.29) is 35.7 Å². The zero-order chi connectivity index (χ0) is 18.9. The molecule has 9 heteroatoms. The van der Waals surface area contributed by atoms with Crippen molar-refractivity contribution in [1.29, 1.82) is 0 Å². The van der Waals surface area contributed by atoms with Crippen LogP contribution in [0.15, 0.2) is 29.2 Å². The van der Waals surface area contributed by atoms with Crippen molar-refractivity contribution in [2.45, 2.75) is 30.2 Å². The van der Waals surface area contributed by atoms with E-state index in [0.29, 0.717) is 5.69 Å². The molecule has 2 heterocycles. The molecule has 1 aromatic carbocycles. The second-order valence-electron chi connectivity index (χ2n) is 6.83. The number of sulfonamides is 1. The third-order valence-corrected chi connectivity index (χ3v) is 5.94. The first-order valence-corrected chi connectivity index (χ1v) is 10.2. The van der Waals surface area contributed by atoms with Crippen molar-refractivity contribution >= 4 is 27.5 Å². The summed E-state index contributed by atoms with van der Waals surface area (Å²) < 4.78 is 23.1. The number of primary sulfonamides is 1. The average molecular weight is 380 g/mol. The molecule has 0 aromatic heterocycles. The SMILES string of the molecule is CNCC1CCCN1C(=O)C1CC(=O)N(c2cccc(S(N)(=O)=O)c2)C1. The minimum Gasteiger partial charge on any atom is -0.338 e. The maximum absolute atomic E-state index is 12.9. The highest BCUT2D eigenvalue weighted by Crippen LogP contribution is 2.29. The van der Waals surface area contributed by atoms with Gasteiger partial charge in [0.1, 0.15) is 0 Å². The van der Waals surface area contributed by atoms with Gasteiger partial charge in [-0.2, -0.15) is 0 Å². The highest BCUT2D eigenvalue weighted by atomic mass is 32.2. The Hall–Kier alpha value is -1.97. The number of hydrogen-bond donors (Lipinski definition) is 2. The summed E-state index contributed by atoms with van der Waals surface area (Å²) in [7, 11) is -1.99. The highest BCUT2D eigenvalue weighted by molar-refractivity contribution is 7.89. The van der Waals surface area contributed by atoms with Crippen LogP contribution < -0.4 is 15.4 Å². The molecule has 2 unspecified atom stereocenters. The summed E-state index contributed by atoms with van der Waals surface area (Å²) in [5, 5.41) is 8.27. The van der Waals surface area contributed by atoms with Gasteiger partial charge in [-0.15, -0.1) is 0 Å². The van der Waals surface area contributed by atoms with E-state index in [0.717, 1.165) is 25.9 Å². The number of hydrogen-bond acceptors (Lipinski definition) is 5. The van der Waals surface area contributed by atoms with Crippen LogP contribution in [-0.4, -0.2) is 57.9 Å². The quantitative estimate of drug-likeness (QED) is 0.740. The summed E-state index contributed by atoms with van der Waals surface area (Å²) in [5.74, 6) is -0.585. The van der Waals surface area contributed by atoms with E-state index in [4.69, 9.17) is 5.14 Å². The molecule has 0 bridgehead atoms. The van der Waals surface area contributed by atoms with Crippen molar-refractivity contribution in [2.24, 2.45) is 11.1 Å². The monoisotopic (exact) mass is 380 g/mol. The molecule has 8 nitrogen and oxygen atoms in total. The topological polar surface area (TPSA) is 113 Å². The fourth-order valence-electron chi connectivity index (χ4n) is 3.76. The number of carbonyl (C=O) groups is 2. The van der Waals surface area contributed by atoms with Crippen LogP contribution in [0, 0.1) is 5.92 Å². The lowest BCUT2D eigenvalue weighted by molar-refractivity contribution is -0.136. The van der Waals surface area contributed by atoms with Crippen LogP contribution in [0.4, 0.5) is 5.69 Å². The van der Waals surface area contributed by atoms with Crippen LogP contribution in [-0.2, 0) is 19.6 Å². The number of likely N-dealkylation sites (N-methyl/N-ethyl adjacent to an activating group) is 1. The predicted octanol–water partition coefficient (Wildman–Crippen LogP) is -0.103. The number of benzene rings is 1. The highest BCUT2D eigenvalue weighted by Gasteiger charge is 2.40. The van der Waals surface area contributed by atoms with Gasteiger partial charge in [-0.3, -0.25) is 9.59 Å². The number of carbonyl (C=O) groups excluding carboxylic acids is 2. The van der Waals surface area contributed by atoms with E-state index in [1.54, 1.807) is 12.1 Å². The first-order valence-electron chi connectivity index (χ1n) is 8.69. The standard InChI is InChI=1S/C17H24N4O4S/c1-19-10-14-5-3-7-20(14)17(23)12-8-16(22)21(11-12)13-4-2-6-15(9-13)26(18,24)25/h2,4,6,9,12,14,19H,3,5,7-8,10-11H2,1H3,(H2,18,24,25). The maximum atomic E-state index is 12.9. The van der Waals surface area contributed by atoms with E-state index in [2.05, 4.69) is 5.32 Å². The molecule has 2 amide bonds. The summed E-state index contributed by atoms with van der Waals surface area (Å²) in [4.78, 5) is 28.6. The fraction of sp³-hybridized carbons (Fsp3) is 0.529. The normalized spacial score (nSPS) is 23.7. The summed E-state index contributed by atoms with van der Waals surface area (Å²) in [6.45, 7) is 1.72. The molecule has 2 atom stereocenters. The van der Waals surface area contributed by atoms with Gasteiger partial charge in [-0.1, -0.05) is 6.07 Å². The second-order valence-corrected chi connectivity index (χ2v) is 8.39. The lowest BCUT2D eigenvalue weighted by atomic mass is 10.1. The molecule has 0 radical (unpaired) electrons. The average Bonchev–Trinajstić information content (AvgIpc) is 3.21. The van der Waals surface area contributed by atoms with Gasteiger partial charge in [-0.25, -0.2) is 13.6 Å². The molecule has 0 aliphatic carbocycles. The minimum atomic E-state index is -3.85. The van der Waals surface area contributed by atoms with Gasteiger partial charge in [-0.05, 0) is 38.1 Å². The lowest BCUT2D eigenvalue weighted by Gasteiger charge is -2.27. The molecule has 26 heavy (non-hydrogen) atoms. The Morgan fingerprint density at radius 1 is 1.38 bits per heavy atom. The Morgan fingerprint density at radius 3 is 2.85 bits per heavy atom. The maximum Gasteiger partial charge on any atom is 0.238 e. The van der Waals surface area contributed by atoms with Crippen molar-refractivity contribution < 1.29 is 18.0 Å². The van der Waals surface area contributed by atoms with Crippen LogP contribution >= 0.6 is 0 Å². The van der Waals surface area contributed by atoms with Crippen molar-refractivity contribution in [3.63, 3.8) is 0 Å². The Kier molecular flexibility index (Phi) is 5.31. The van der Waals surface area contributed by atoms with E-state index in [1.165, 1.54) is 17.0 Å². The lowest BCUT2D eigenvalue weighted by Crippen LogP contribution is -2.44. The number of anilines is 1. The summed E-state index contributed by atoms with van der Waals surface area (Å²) in [6, 6.07) is 6.12. The molecular formula is C17H24N4O4S. The zero-order valence-corrected chi connectivity index (χ0v) is 15.5. The Labute approximate surface area is 153 Å². The van der Waals surface area contributed by atoms with Crippen molar-refractivity contribution in [1.82, 2.24) is 10.2 Å². The van der Waals surface area contributed by atoms with Crippen molar-refractivity contribution in [3.05, 3.63) is 24.3 Å². The van der Waals surface area contributed by atoms with Gasteiger partial charge >= 0.3 is 0 Å². The second kappa shape index (κ2) is 7.34. The van der Waals surface area contributed by atoms with Crippen LogP contribution in [0.25, 0.3) is 0 Å². The van der Waals surface area contributed by atoms with E-state index in [1.807, 2.05) is 11.9 Å². The molecule has 3 rings (SSSR count). The van der Waals surface area contributed by atoms with Crippen molar-refractivity contribution in [3.8, 4) is 0 Å². The zero-order valence-electron chi connectivity index (χ0n) is 14.7. The fourth-order valence-corrected chi connectivity index (χ4v) is 4.31. The number of nitrogens with zero attached hydrogens (tertiary/aromatic N) is 2. The van der Waals surface area contributed by atoms with Crippen LogP contribution in [0.5, 0.6) is 0 Å². The largest absolute Gasteiger partial charge is 0.338 e. The Balaban J connectivity index is 1.76. The number of rotatable bonds is 5. The van der Waals surface area contributed by atoms with E-state index < -0.39 is 15.9 Å². The van der Waals surface area contributed by atoms with Gasteiger partial charge in [0.25, 0.3) is 0 Å². The molecule has 0 saturated carbocycles. The first kappa shape index (κ1) is 18.8. The Bertz CT molecular complexity index is 811. The smallest absolute Gasteiger partial charge is 0.238 e. The predicted molar refractivity (Wildman–Crippen MR) is 96.9 cm³/mol. The van der Waals surface area contributed by atoms with Gasteiger partial charge in [0.2, 0.25) is 21.8 Å². The number of nitrogens with two attached hydrogens (primary N) is 1. The molecule has 1 aromatic rings. The first-order chi connectivity index (χ1) is 12.3. The third kappa shape index (κ3) is 3.74. The van der Waals surface area contributed by atoms with Crippen LogP contribution in [0.1, 0.15) is 19.3 Å². The Morgan fingerprint density at radius 2 is 2.15 bits per heavy atom. The molecule has 142 valence electrons. The summed E-state index contributed by atoms with van der Waals surface area (Å²) in [6.07, 6.45) is 2.08. The number of likely N-dealkylation sites (tertiary alicyclic amines) is 1. The molecule has 2 fully saturated rings. The molecule has 0 spiro atoms. The summed E-state index contributed by atoms with van der Waals surface area (Å²) in [5.41, 5.74) is 0.449. The number of amides is 2. The van der Waals surface area contributed by atoms with Gasteiger partial charge in [0, 0.05) is 37.8 Å². The molecule has 2 aliphatic heterocycles. The van der Waals surface area contributed by atoms with Gasteiger partial charge in [0.15, 0.2) is 0 Å². The van der Waals surface area contributed by atoms with Crippen molar-refractivity contribution in [2.75, 3.05) is 31.6 Å². The third-order valence-electron chi connectivity index (χ3n) is 5.03. The van der Waals surface area contributed by atoms with Gasteiger partial charge in [0.05, 0.1) is 10.8 Å². The van der Waals surface area contributed by atoms with Crippen LogP contribution in [0.3, 0.4) is 0 Å². The van der Waals surface area contributed by atoms with Gasteiger partial charge < -0.3 is 15.1 Å². The van der Waals surface area contributed by atoms with Crippen LogP contribution in [0.2, 0.25) is 0 Å². The molecule has 2 saturated heterocycles. The minimum absolute atomic E-state index is 0.00111. The molecule has 3 N–H and O–H groups in total. The molecular weight excluding hydrogens is 356 g/mol. The summed E-state index contributed by atoms with van der Waals surface area (Å²) >= 11 is 0. The van der Waals surface area contributed by atoms with E-state index >= 15 is 0 Å². The number of nitrogens with one attached hydrogen (secondary N) is 1. The molecule has 2 aliphatic rings.